The van der Waals surface area contributed by atoms with Crippen molar-refractivity contribution in [2.75, 3.05) is 0 Å². The monoisotopic (exact) mass is 678 g/mol. The van der Waals surface area contributed by atoms with Crippen LogP contribution in [0.15, 0.2) is 198 Å². The highest BCUT2D eigenvalue weighted by molar-refractivity contribution is 6.22. The Kier molecular flexibility index (Phi) is 5.40. The minimum absolute atomic E-state index is 0.0165. The van der Waals surface area contributed by atoms with E-state index in [9.17, 15) is 8.22 Å². The SMILES string of the molecule is [2H]c1c(-c2c3ccccc3c(-c3ccccc3)c3ccccc23)c([2H])c2c([2H])c([2H])c(-c3ccc4oc5cccc(-c6cccc7ccccc67)c5c4c3)c([2H])c2c1[2H]. The van der Waals surface area contributed by atoms with Gasteiger partial charge in [0.15, 0.2) is 0 Å². The lowest BCUT2D eigenvalue weighted by molar-refractivity contribution is 0.669. The fraction of sp³-hybridized carbons (Fsp3) is 0. The van der Waals surface area contributed by atoms with Crippen LogP contribution in [0.5, 0.6) is 0 Å². The van der Waals surface area contributed by atoms with Crippen molar-refractivity contribution in [2.45, 2.75) is 0 Å². The fourth-order valence-electron chi connectivity index (χ4n) is 8.12. The van der Waals surface area contributed by atoms with Crippen LogP contribution in [0.1, 0.15) is 8.22 Å². The number of rotatable bonds is 4. The lowest BCUT2D eigenvalue weighted by Crippen LogP contribution is -1.90. The van der Waals surface area contributed by atoms with Crippen molar-refractivity contribution in [3.8, 4) is 44.5 Å². The van der Waals surface area contributed by atoms with Crippen molar-refractivity contribution >= 4 is 65.0 Å². The minimum Gasteiger partial charge on any atom is -0.456 e. The molecule has 0 amide bonds. The molecule has 0 N–H and O–H groups in total. The van der Waals surface area contributed by atoms with Crippen molar-refractivity contribution in [2.24, 2.45) is 0 Å². The normalized spacial score (nSPS) is 13.4. The van der Waals surface area contributed by atoms with Crippen LogP contribution in [-0.4, -0.2) is 0 Å². The molecule has 246 valence electrons. The Labute approximate surface area is 315 Å². The largest absolute Gasteiger partial charge is 0.456 e. The molecule has 1 aromatic heterocycles. The van der Waals surface area contributed by atoms with E-state index < -0.39 is 0 Å². The van der Waals surface area contributed by atoms with Crippen LogP contribution in [0, 0.1) is 0 Å². The van der Waals surface area contributed by atoms with Crippen LogP contribution in [0.25, 0.3) is 110 Å². The molecular weight excluding hydrogens is 641 g/mol. The number of furan rings is 1. The van der Waals surface area contributed by atoms with Gasteiger partial charge in [-0.25, -0.2) is 0 Å². The molecular formula is C52H32O. The molecule has 11 aromatic rings. The zero-order valence-electron chi connectivity index (χ0n) is 34.4. The molecule has 1 heteroatoms. The maximum atomic E-state index is 9.73. The predicted octanol–water partition coefficient (Wildman–Crippen LogP) is 14.9. The molecule has 1 nitrogen and oxygen atoms in total. The molecule has 0 unspecified atom stereocenters. The first-order valence-corrected chi connectivity index (χ1v) is 17.8. The molecule has 0 spiro atoms. The van der Waals surface area contributed by atoms with Crippen LogP contribution in [0.4, 0.5) is 0 Å². The van der Waals surface area contributed by atoms with Crippen molar-refractivity contribution < 1.29 is 12.6 Å². The van der Waals surface area contributed by atoms with Gasteiger partial charge >= 0.3 is 0 Å². The Morgan fingerprint density at radius 3 is 1.64 bits per heavy atom. The van der Waals surface area contributed by atoms with Crippen molar-refractivity contribution in [1.29, 1.82) is 0 Å². The number of fused-ring (bicyclic) bond motifs is 7. The summed E-state index contributed by atoms with van der Waals surface area (Å²) in [7, 11) is 0. The third kappa shape index (κ3) is 4.71. The third-order valence-electron chi connectivity index (χ3n) is 10.5. The maximum Gasteiger partial charge on any atom is 0.136 e. The standard InChI is InChI=1S/C52H32O/c1-2-13-34(14-3-1)50-43-17-6-8-19-45(43)51(46-20-9-7-18-44(46)50)39-27-26-35-30-36(24-25-37(35)31-39)38-28-29-48-47(32-38)52-42(22-11-23-49(52)53-48)41-21-10-15-33-12-4-5-16-40(33)41/h1-32H/i24D,25D,26D,27D,30D,31D. The van der Waals surface area contributed by atoms with E-state index >= 15 is 0 Å². The highest BCUT2D eigenvalue weighted by atomic mass is 16.3. The first-order chi connectivity index (χ1) is 28.8. The number of benzene rings is 10. The molecule has 0 aliphatic carbocycles. The lowest BCUT2D eigenvalue weighted by Gasteiger charge is -2.18. The van der Waals surface area contributed by atoms with Gasteiger partial charge in [0.05, 0.1) is 8.22 Å². The summed E-state index contributed by atoms with van der Waals surface area (Å²) in [6.07, 6.45) is 0. The molecule has 0 fully saturated rings. The quantitative estimate of drug-likeness (QED) is 0.169. The third-order valence-corrected chi connectivity index (χ3v) is 10.5. The van der Waals surface area contributed by atoms with E-state index in [0.29, 0.717) is 22.3 Å². The average Bonchev–Trinajstić information content (AvgIpc) is 3.65. The second-order valence-corrected chi connectivity index (χ2v) is 13.5. The van der Waals surface area contributed by atoms with E-state index in [4.69, 9.17) is 4.42 Å². The van der Waals surface area contributed by atoms with Crippen molar-refractivity contribution in [3.05, 3.63) is 194 Å². The van der Waals surface area contributed by atoms with Gasteiger partial charge in [0, 0.05) is 10.8 Å². The van der Waals surface area contributed by atoms with Crippen molar-refractivity contribution in [3.63, 3.8) is 0 Å². The molecule has 0 bridgehead atoms. The summed E-state index contributed by atoms with van der Waals surface area (Å²) in [5, 5.41) is 7.47. The van der Waals surface area contributed by atoms with E-state index in [2.05, 4.69) is 42.5 Å². The Balaban J connectivity index is 1.16. The topological polar surface area (TPSA) is 13.1 Å². The summed E-state index contributed by atoms with van der Waals surface area (Å²) in [5.41, 5.74) is 6.99. The number of hydrogen-bond donors (Lipinski definition) is 0. The molecule has 0 saturated carbocycles. The highest BCUT2D eigenvalue weighted by Crippen LogP contribution is 2.45. The van der Waals surface area contributed by atoms with Gasteiger partial charge in [-0.1, -0.05) is 164 Å². The van der Waals surface area contributed by atoms with Gasteiger partial charge in [0.2, 0.25) is 0 Å². The van der Waals surface area contributed by atoms with Crippen LogP contribution in [0.2, 0.25) is 0 Å². The van der Waals surface area contributed by atoms with E-state index in [-0.39, 0.29) is 58.2 Å². The molecule has 53 heavy (non-hydrogen) atoms. The lowest BCUT2D eigenvalue weighted by atomic mass is 9.85. The Hall–Kier alpha value is -6.96. The summed E-state index contributed by atoms with van der Waals surface area (Å²) in [4.78, 5) is 0. The van der Waals surface area contributed by atoms with Crippen LogP contribution in [0.3, 0.4) is 0 Å². The Bertz CT molecular complexity index is 3510. The first kappa shape index (κ1) is 24.3. The molecule has 1 heterocycles. The molecule has 11 rings (SSSR count). The minimum atomic E-state index is -0.256. The summed E-state index contributed by atoms with van der Waals surface area (Å²) in [6, 6.07) is 50.8. The molecule has 0 aliphatic heterocycles. The Morgan fingerprint density at radius 1 is 0.340 bits per heavy atom. The molecule has 0 radical (unpaired) electrons. The van der Waals surface area contributed by atoms with Crippen molar-refractivity contribution in [1.82, 2.24) is 0 Å². The van der Waals surface area contributed by atoms with Gasteiger partial charge in [-0.15, -0.1) is 0 Å². The van der Waals surface area contributed by atoms with Crippen LogP contribution < -0.4 is 0 Å². The predicted molar refractivity (Wildman–Crippen MR) is 225 cm³/mol. The van der Waals surface area contributed by atoms with E-state index in [1.165, 1.54) is 0 Å². The van der Waals surface area contributed by atoms with Crippen LogP contribution >= 0.6 is 0 Å². The average molecular weight is 679 g/mol. The van der Waals surface area contributed by atoms with Gasteiger partial charge in [-0.05, 0) is 118 Å². The summed E-state index contributed by atoms with van der Waals surface area (Å²) >= 11 is 0. The van der Waals surface area contributed by atoms with E-state index in [1.54, 1.807) is 6.07 Å². The summed E-state index contributed by atoms with van der Waals surface area (Å²) in [6.45, 7) is 0. The zero-order valence-corrected chi connectivity index (χ0v) is 28.4. The maximum absolute atomic E-state index is 9.73. The fourth-order valence-corrected chi connectivity index (χ4v) is 8.12. The molecule has 0 aliphatic rings. The van der Waals surface area contributed by atoms with Gasteiger partial charge in [-0.3, -0.25) is 0 Å². The van der Waals surface area contributed by atoms with E-state index in [1.807, 2.05) is 109 Å². The molecule has 10 aromatic carbocycles. The highest BCUT2D eigenvalue weighted by Gasteiger charge is 2.18. The zero-order chi connectivity index (χ0) is 40.1. The van der Waals surface area contributed by atoms with Gasteiger partial charge in [0.1, 0.15) is 11.2 Å². The Morgan fingerprint density at radius 2 is 0.906 bits per heavy atom. The smallest absolute Gasteiger partial charge is 0.136 e. The molecule has 0 saturated heterocycles. The van der Waals surface area contributed by atoms with Gasteiger partial charge in [0.25, 0.3) is 0 Å². The first-order valence-electron chi connectivity index (χ1n) is 20.8. The second kappa shape index (κ2) is 11.8. The van der Waals surface area contributed by atoms with Gasteiger partial charge < -0.3 is 4.42 Å². The number of hydrogen-bond acceptors (Lipinski definition) is 1. The van der Waals surface area contributed by atoms with E-state index in [0.717, 1.165) is 65.3 Å². The van der Waals surface area contributed by atoms with Crippen LogP contribution in [-0.2, 0) is 0 Å². The van der Waals surface area contributed by atoms with Gasteiger partial charge in [-0.2, -0.15) is 0 Å². The second-order valence-electron chi connectivity index (χ2n) is 13.5. The summed E-state index contributed by atoms with van der Waals surface area (Å²) in [5.74, 6) is 0. The summed E-state index contributed by atoms with van der Waals surface area (Å²) < 4.78 is 63.6. The molecule has 0 atom stereocenters.